The summed E-state index contributed by atoms with van der Waals surface area (Å²) >= 11 is 12.3. The van der Waals surface area contributed by atoms with Gasteiger partial charge in [-0.15, -0.1) is 0 Å². The van der Waals surface area contributed by atoms with Crippen molar-refractivity contribution in [2.75, 3.05) is 14.7 Å². The molecule has 0 aliphatic heterocycles. The number of fused-ring (bicyclic) bond motifs is 4. The molecule has 508 valence electrons. The number of nitrogens with zero attached hydrogens (tertiary/aromatic N) is 14. The van der Waals surface area contributed by atoms with E-state index in [0.717, 1.165) is 127 Å². The van der Waals surface area contributed by atoms with Gasteiger partial charge in [-0.25, -0.2) is 0 Å². The van der Waals surface area contributed by atoms with Gasteiger partial charge in [0.15, 0.2) is 0 Å². The minimum Gasteiger partial charge on any atom is -0.423 e. The Hall–Kier alpha value is -11.2. The Morgan fingerprint density at radius 1 is 0.282 bits per heavy atom. The molecule has 17 nitrogen and oxygen atoms in total. The third-order valence-electron chi connectivity index (χ3n) is 16.2. The molecule has 0 fully saturated rings. The number of H-pyrrole nitrogens is 1. The van der Waals surface area contributed by atoms with Gasteiger partial charge in [0.1, 0.15) is 44.1 Å². The van der Waals surface area contributed by atoms with Gasteiger partial charge in [0.25, 0.3) is 0 Å². The summed E-state index contributed by atoms with van der Waals surface area (Å²) in [6.45, 7) is 0. The van der Waals surface area contributed by atoms with Gasteiger partial charge in [0, 0.05) is 121 Å². The monoisotopic (exact) mass is 1610 g/mol. The number of anilines is 9. The van der Waals surface area contributed by atoms with E-state index in [2.05, 4.69) is 268 Å². The fourth-order valence-electron chi connectivity index (χ4n) is 11.5. The summed E-state index contributed by atoms with van der Waals surface area (Å²) in [5.41, 5.74) is 21.7. The first kappa shape index (κ1) is 71.6. The number of aryl methyl sites for hydroxylation is 3. The average molecular weight is 1610 g/mol. The number of aromatic nitrogens is 12. The third kappa shape index (κ3) is 17.7. The van der Waals surface area contributed by atoms with Crippen molar-refractivity contribution in [1.29, 1.82) is 0 Å². The Morgan fingerprint density at radius 3 is 0.816 bits per heavy atom. The number of aromatic amines is 1. The maximum Gasteiger partial charge on any atom is 0.488 e. The molecule has 0 spiro atoms. The molecule has 0 saturated carbocycles. The molecule has 17 rings (SSSR count). The van der Waals surface area contributed by atoms with Crippen LogP contribution in [0, 0.1) is 0 Å². The Balaban J connectivity index is 0.000000147. The lowest BCUT2D eigenvalue weighted by atomic mass is 9.80. The van der Waals surface area contributed by atoms with E-state index >= 15 is 0 Å². The summed E-state index contributed by atoms with van der Waals surface area (Å²) in [5, 5.41) is 55.1. The molecule has 0 bridgehead atoms. The molecule has 13 aromatic carbocycles. The van der Waals surface area contributed by atoms with Crippen LogP contribution in [0.1, 0.15) is 0 Å². The van der Waals surface area contributed by atoms with Crippen molar-refractivity contribution in [1.82, 2.24) is 60.4 Å². The topological polar surface area (TPSA) is 184 Å². The molecule has 0 amide bonds. The van der Waals surface area contributed by atoms with Crippen LogP contribution < -0.4 is 20.2 Å². The van der Waals surface area contributed by atoms with Crippen molar-refractivity contribution in [3.63, 3.8) is 0 Å². The molecule has 0 unspecified atom stereocenters. The average Bonchev–Trinajstić information content (AvgIpc) is 1.69. The van der Waals surface area contributed by atoms with Crippen molar-refractivity contribution < 1.29 is 10.0 Å². The molecule has 0 aliphatic carbocycles. The second-order valence-electron chi connectivity index (χ2n) is 23.0. The molecule has 103 heavy (non-hydrogen) atoms. The number of para-hydroxylation sites is 8. The van der Waals surface area contributed by atoms with E-state index in [1.54, 1.807) is 33.6 Å². The molecule has 4 heterocycles. The van der Waals surface area contributed by atoms with E-state index in [9.17, 15) is 10.0 Å². The van der Waals surface area contributed by atoms with Crippen LogP contribution in [0.5, 0.6) is 0 Å². The van der Waals surface area contributed by atoms with Crippen LogP contribution in [0.15, 0.2) is 337 Å². The third-order valence-corrected chi connectivity index (χ3v) is 17.5. The first-order valence-electron chi connectivity index (χ1n) is 32.5. The predicted molar refractivity (Wildman–Crippen MR) is 434 cm³/mol. The number of benzene rings is 13. The quantitative estimate of drug-likeness (QED) is 0.0983. The lowest BCUT2D eigenvalue weighted by Gasteiger charge is -2.25. The van der Waals surface area contributed by atoms with Gasteiger partial charge in [0.05, 0.1) is 0 Å². The standard InChI is InChI=1S/C43H33N5.C18H16BNO2.C7H5Br2N3.C7H7N3.C6H5N3.Br2/c1-46-44-42-40(32-22-26-38(27-23-32)47(34-14-6-2-7-15-34)35-16-8-3-9-17-35)30-31-41(43(42)45-46)33-24-28-39(29-25-33)48(36-18-10-4-11-19-36)37-20-12-5-13-21-37;21-19(22)15-11-13-18(14-12-15)20(16-7-3-1-4-8-16)17-9-5-2-6-10-17;1-12-10-6-4(8)2-3-5(9)7(6)11-12;1-10-8-6-4-2-3-5-7(6)9-10;1-2-4-6-5(3-1)7-9-8-6;1-2/h2-31H,1H3;1-14,21-22H;2-3H,1H3;2-5H,1H3;1-4H,(H,7,8,9);. The number of hydrogen-bond donors (Lipinski definition) is 3. The Bertz CT molecular complexity index is 5090. The minimum atomic E-state index is -1.45. The highest BCUT2D eigenvalue weighted by Crippen LogP contribution is 2.41. The highest BCUT2D eigenvalue weighted by molar-refractivity contribution is 9.93. The molecule has 0 saturated heterocycles. The van der Waals surface area contributed by atoms with Crippen LogP contribution in [0.2, 0.25) is 0 Å². The van der Waals surface area contributed by atoms with Crippen LogP contribution >= 0.6 is 60.1 Å². The zero-order valence-corrected chi connectivity index (χ0v) is 62.3. The van der Waals surface area contributed by atoms with Crippen molar-refractivity contribution in [2.45, 2.75) is 0 Å². The lowest BCUT2D eigenvalue weighted by molar-refractivity contribution is 0.426. The highest BCUT2D eigenvalue weighted by Gasteiger charge is 2.20. The summed E-state index contributed by atoms with van der Waals surface area (Å²) in [6, 6.07) is 110. The van der Waals surface area contributed by atoms with E-state index < -0.39 is 7.12 Å². The van der Waals surface area contributed by atoms with Crippen LogP contribution in [0.4, 0.5) is 51.2 Å². The fraction of sp³-hybridized carbons (Fsp3) is 0.0370. The molecule has 17 aromatic rings. The Labute approximate surface area is 628 Å². The molecule has 0 aliphatic rings. The normalized spacial score (nSPS) is 10.6. The Kier molecular flexibility index (Phi) is 24.3. The van der Waals surface area contributed by atoms with E-state index in [1.807, 2.05) is 172 Å². The molecular formula is C81H66BBr4N15O2. The number of halogens is 4. The predicted octanol–water partition coefficient (Wildman–Crippen LogP) is 20.2. The van der Waals surface area contributed by atoms with Crippen molar-refractivity contribution >= 4 is 168 Å². The van der Waals surface area contributed by atoms with E-state index in [4.69, 9.17) is 10.2 Å². The summed E-state index contributed by atoms with van der Waals surface area (Å²) in [6.07, 6.45) is 0. The van der Waals surface area contributed by atoms with Gasteiger partial charge >= 0.3 is 7.12 Å². The Morgan fingerprint density at radius 2 is 0.524 bits per heavy atom. The molecular weight excluding hydrogens is 1550 g/mol. The number of nitrogens with one attached hydrogen (secondary N) is 1. The fourth-order valence-corrected chi connectivity index (χ4v) is 12.3. The SMILES string of the molecule is BrBr.Cn1nc2c(-c3ccc(N(c4ccccc4)c4ccccc4)cc3)ccc(-c3ccc(N(c4ccccc4)c4ccccc4)cc3)c2n1.Cn1nc2c(Br)ccc(Br)c2n1.Cn1nc2ccccc2n1.OB(O)c1ccc(N(c2ccccc2)c2ccccc2)cc1.c1ccc2n[nH]nc2c1. The van der Waals surface area contributed by atoms with Gasteiger partial charge in [-0.3, -0.25) is 0 Å². The second kappa shape index (κ2) is 34.9. The van der Waals surface area contributed by atoms with E-state index in [1.165, 1.54) is 0 Å². The molecule has 4 aromatic heterocycles. The summed E-state index contributed by atoms with van der Waals surface area (Å²) in [5.74, 6) is 0. The largest absolute Gasteiger partial charge is 0.488 e. The highest BCUT2D eigenvalue weighted by atomic mass is 80.9. The van der Waals surface area contributed by atoms with Gasteiger partial charge < -0.3 is 24.7 Å². The van der Waals surface area contributed by atoms with Crippen molar-refractivity contribution in [3.05, 3.63) is 337 Å². The number of rotatable bonds is 12. The lowest BCUT2D eigenvalue weighted by Crippen LogP contribution is -2.29. The van der Waals surface area contributed by atoms with E-state index in [0.29, 0.717) is 5.46 Å². The second-order valence-corrected chi connectivity index (χ2v) is 24.7. The summed E-state index contributed by atoms with van der Waals surface area (Å²) < 4.78 is 1.93. The zero-order valence-electron chi connectivity index (χ0n) is 55.9. The molecule has 3 N–H and O–H groups in total. The van der Waals surface area contributed by atoms with Crippen molar-refractivity contribution in [2.24, 2.45) is 21.1 Å². The molecule has 0 radical (unpaired) electrons. The van der Waals surface area contributed by atoms with Crippen molar-refractivity contribution in [3.8, 4) is 22.3 Å². The van der Waals surface area contributed by atoms with Crippen LogP contribution in [-0.2, 0) is 21.1 Å². The van der Waals surface area contributed by atoms with Crippen LogP contribution in [-0.4, -0.2) is 77.6 Å². The van der Waals surface area contributed by atoms with Gasteiger partial charge in [-0.05, 0) is 194 Å². The minimum absolute atomic E-state index is 0.477. The maximum atomic E-state index is 9.23. The number of hydrogen-bond acceptors (Lipinski definition) is 13. The zero-order chi connectivity index (χ0) is 71.4. The van der Waals surface area contributed by atoms with Gasteiger partial charge in [0.2, 0.25) is 0 Å². The van der Waals surface area contributed by atoms with Crippen LogP contribution in [0.3, 0.4) is 0 Å². The first-order chi connectivity index (χ1) is 50.5. The molecule has 0 atom stereocenters. The van der Waals surface area contributed by atoms with Crippen LogP contribution in [0.25, 0.3) is 66.4 Å². The smallest absolute Gasteiger partial charge is 0.423 e. The van der Waals surface area contributed by atoms with E-state index in [-0.39, 0.29) is 0 Å². The van der Waals surface area contributed by atoms with Gasteiger partial charge in [-0.1, -0.05) is 182 Å². The maximum absolute atomic E-state index is 9.23. The van der Waals surface area contributed by atoms with Gasteiger partial charge in [-0.2, -0.15) is 60.4 Å². The summed E-state index contributed by atoms with van der Waals surface area (Å²) in [7, 11) is 4.06. The summed E-state index contributed by atoms with van der Waals surface area (Å²) in [4.78, 5) is 11.5. The molecule has 22 heteroatoms. The first-order valence-corrected chi connectivity index (χ1v) is 37.8.